The van der Waals surface area contributed by atoms with Crippen LogP contribution in [0.3, 0.4) is 0 Å². The number of aliphatic hydroxyl groups excluding tert-OH is 1. The van der Waals surface area contributed by atoms with Crippen LogP contribution < -0.4 is 13.8 Å². The number of hydrogen-bond acceptors (Lipinski definition) is 7. The first-order valence-electron chi connectivity index (χ1n) is 12.7. The normalized spacial score (nSPS) is 15.5. The summed E-state index contributed by atoms with van der Waals surface area (Å²) in [4.78, 5) is 10.7. The number of anilines is 1. The van der Waals surface area contributed by atoms with Gasteiger partial charge in [-0.1, -0.05) is 29.8 Å². The molecule has 0 bridgehead atoms. The summed E-state index contributed by atoms with van der Waals surface area (Å²) in [5.74, 6) is -2.01. The molecule has 2 N–H and O–H groups in total. The number of hydrogen-bond donors (Lipinski definition) is 2. The van der Waals surface area contributed by atoms with Crippen molar-refractivity contribution in [3.63, 3.8) is 0 Å². The number of carboxylic acids is 1. The third-order valence-electron chi connectivity index (χ3n) is 6.25. The summed E-state index contributed by atoms with van der Waals surface area (Å²) in [5.41, 5.74) is 1.15. The number of aliphatic carboxylic acids is 1. The van der Waals surface area contributed by atoms with Crippen molar-refractivity contribution < 1.29 is 46.1 Å². The molecule has 0 fully saturated rings. The monoisotopic (exact) mass is 629 g/mol. The number of aromatic nitrogens is 2. The molecule has 0 aliphatic carbocycles. The van der Waals surface area contributed by atoms with Gasteiger partial charge in [-0.15, -0.1) is 5.10 Å². The van der Waals surface area contributed by atoms with Gasteiger partial charge in [-0.3, -0.25) is 13.8 Å². The number of ether oxygens (including phenoxy) is 2. The fourth-order valence-electron chi connectivity index (χ4n) is 4.44. The fraction of sp³-hybridized carbons (Fsp3) is 0.333. The number of sulfonamides is 1. The van der Waals surface area contributed by atoms with Crippen molar-refractivity contribution in [3.05, 3.63) is 64.6 Å². The van der Waals surface area contributed by atoms with Crippen molar-refractivity contribution in [2.75, 3.05) is 24.1 Å². The van der Waals surface area contributed by atoms with E-state index in [9.17, 15) is 26.4 Å². The lowest BCUT2D eigenvalue weighted by Gasteiger charge is -2.35. The molecule has 0 saturated carbocycles. The van der Waals surface area contributed by atoms with Gasteiger partial charge in [0.1, 0.15) is 30.8 Å². The minimum absolute atomic E-state index is 0.0220. The molecule has 1 atom stereocenters. The number of halogens is 4. The Morgan fingerprint density at radius 2 is 2.07 bits per heavy atom. The number of benzene rings is 2. The fourth-order valence-corrected chi connectivity index (χ4v) is 6.33. The Hall–Kier alpha value is -3.75. The highest BCUT2D eigenvalue weighted by Gasteiger charge is 2.38. The summed E-state index contributed by atoms with van der Waals surface area (Å²) >= 11 is 6.20. The topological polar surface area (TPSA) is 131 Å². The van der Waals surface area contributed by atoms with Crippen LogP contribution in [0.5, 0.6) is 11.6 Å². The molecule has 226 valence electrons. The average molecular weight is 630 g/mol. The molecule has 0 radical (unpaired) electrons. The predicted molar refractivity (Wildman–Crippen MR) is 148 cm³/mol. The second-order valence-electron chi connectivity index (χ2n) is 9.34. The van der Waals surface area contributed by atoms with E-state index in [1.165, 1.54) is 30.3 Å². The number of allylic oxidation sites excluding steroid dienone is 1. The molecule has 2 aromatic carbocycles. The SMILES string of the molecule is C/C(=C\c1ccc2c(c1)N(S(=O)(=O)c1cn(CC(F)F)nc1OCCO)C[C@H](CCC(=O)O)O2)c1c(F)cccc1Cl. The van der Waals surface area contributed by atoms with Crippen LogP contribution in [0, 0.1) is 5.82 Å². The van der Waals surface area contributed by atoms with Gasteiger partial charge in [0.2, 0.25) is 0 Å². The molecule has 0 spiro atoms. The van der Waals surface area contributed by atoms with Gasteiger partial charge in [-0.2, -0.15) is 0 Å². The Morgan fingerprint density at radius 3 is 2.74 bits per heavy atom. The maximum atomic E-state index is 14.5. The van der Waals surface area contributed by atoms with Gasteiger partial charge in [-0.25, -0.2) is 21.6 Å². The first-order valence-corrected chi connectivity index (χ1v) is 14.5. The molecular formula is C27H27ClF3N3O7S. The highest BCUT2D eigenvalue weighted by atomic mass is 35.5. The quantitative estimate of drug-likeness (QED) is 0.276. The van der Waals surface area contributed by atoms with Gasteiger partial charge in [-0.05, 0) is 48.7 Å². The van der Waals surface area contributed by atoms with Gasteiger partial charge >= 0.3 is 5.97 Å². The van der Waals surface area contributed by atoms with Gasteiger partial charge < -0.3 is 19.7 Å². The number of carbonyl (C=O) groups is 1. The number of fused-ring (bicyclic) bond motifs is 1. The summed E-state index contributed by atoms with van der Waals surface area (Å²) in [6.45, 7) is -0.410. The second kappa shape index (κ2) is 13.0. The standard InChI is InChI=1S/C27H27ClF3N3O7S/c1-16(26-19(28)3-2-4-20(26)29)11-17-5-7-22-21(12-17)34(13-18(41-22)6-8-25(36)37)42(38,39)23-14-33(15-24(30)31)32-27(23)40-10-9-35/h2-5,7,11-12,14,18,24,35H,6,8-10,13,15H2,1H3,(H,36,37)/b16-11+/t18-/m0/s1. The molecule has 1 aromatic heterocycles. The predicted octanol–water partition coefficient (Wildman–Crippen LogP) is 4.69. The lowest BCUT2D eigenvalue weighted by molar-refractivity contribution is -0.137. The smallest absolute Gasteiger partial charge is 0.303 e. The zero-order valence-electron chi connectivity index (χ0n) is 22.2. The van der Waals surface area contributed by atoms with Gasteiger partial charge in [0.15, 0.2) is 4.90 Å². The van der Waals surface area contributed by atoms with E-state index in [0.717, 1.165) is 15.2 Å². The Bertz CT molecular complexity index is 1580. The highest BCUT2D eigenvalue weighted by Crippen LogP contribution is 2.41. The molecule has 0 amide bonds. The molecule has 0 unspecified atom stereocenters. The van der Waals surface area contributed by atoms with Crippen LogP contribution in [0.4, 0.5) is 18.9 Å². The maximum Gasteiger partial charge on any atom is 0.303 e. The first-order chi connectivity index (χ1) is 19.9. The summed E-state index contributed by atoms with van der Waals surface area (Å²) in [5, 5.41) is 22.3. The van der Waals surface area contributed by atoms with Crippen molar-refractivity contribution in [2.45, 2.75) is 43.7 Å². The molecular weight excluding hydrogens is 603 g/mol. The first kappa shape index (κ1) is 31.2. The van der Waals surface area contributed by atoms with E-state index in [4.69, 9.17) is 31.3 Å². The largest absolute Gasteiger partial charge is 0.486 e. The van der Waals surface area contributed by atoms with Crippen LogP contribution >= 0.6 is 11.6 Å². The van der Waals surface area contributed by atoms with Crippen LogP contribution in [0.15, 0.2) is 47.5 Å². The molecule has 4 rings (SSSR count). The Labute approximate surface area is 244 Å². The summed E-state index contributed by atoms with van der Waals surface area (Å²) in [7, 11) is -4.56. The van der Waals surface area contributed by atoms with E-state index in [-0.39, 0.29) is 48.0 Å². The number of nitrogens with zero attached hydrogens (tertiary/aromatic N) is 3. The zero-order chi connectivity index (χ0) is 30.6. The van der Waals surface area contributed by atoms with Crippen LogP contribution in [-0.2, 0) is 21.4 Å². The molecule has 1 aliphatic heterocycles. The molecule has 42 heavy (non-hydrogen) atoms. The average Bonchev–Trinajstić information content (AvgIpc) is 3.32. The summed E-state index contributed by atoms with van der Waals surface area (Å²) < 4.78 is 81.7. The van der Waals surface area contributed by atoms with Crippen molar-refractivity contribution in [2.24, 2.45) is 0 Å². The molecule has 15 heteroatoms. The van der Waals surface area contributed by atoms with Gasteiger partial charge in [0.05, 0.1) is 23.9 Å². The molecule has 2 heterocycles. The van der Waals surface area contributed by atoms with E-state index < -0.39 is 58.3 Å². The molecule has 10 nitrogen and oxygen atoms in total. The van der Waals surface area contributed by atoms with E-state index in [1.54, 1.807) is 19.1 Å². The zero-order valence-corrected chi connectivity index (χ0v) is 23.8. The van der Waals surface area contributed by atoms with Crippen molar-refractivity contribution in [1.29, 1.82) is 0 Å². The van der Waals surface area contributed by atoms with Crippen molar-refractivity contribution in [1.82, 2.24) is 9.78 Å². The highest BCUT2D eigenvalue weighted by molar-refractivity contribution is 7.93. The number of alkyl halides is 2. The minimum atomic E-state index is -4.56. The van der Waals surface area contributed by atoms with E-state index in [1.807, 2.05) is 0 Å². The number of rotatable bonds is 12. The number of carboxylic acid groups (broad SMARTS) is 1. The van der Waals surface area contributed by atoms with E-state index >= 15 is 0 Å². The minimum Gasteiger partial charge on any atom is -0.486 e. The third kappa shape index (κ3) is 6.99. The third-order valence-corrected chi connectivity index (χ3v) is 8.33. The lowest BCUT2D eigenvalue weighted by Crippen LogP contribution is -2.43. The Kier molecular flexibility index (Phi) is 9.69. The Morgan fingerprint density at radius 1 is 1.31 bits per heavy atom. The molecule has 3 aromatic rings. The lowest BCUT2D eigenvalue weighted by atomic mass is 10.0. The van der Waals surface area contributed by atoms with Gasteiger partial charge in [0.25, 0.3) is 22.3 Å². The number of aliphatic hydroxyl groups is 1. The molecule has 1 aliphatic rings. The maximum absolute atomic E-state index is 14.5. The van der Waals surface area contributed by atoms with Gasteiger partial charge in [0, 0.05) is 18.2 Å². The van der Waals surface area contributed by atoms with Crippen molar-refractivity contribution >= 4 is 44.9 Å². The van der Waals surface area contributed by atoms with E-state index in [2.05, 4.69) is 5.10 Å². The van der Waals surface area contributed by atoms with Crippen LogP contribution in [0.25, 0.3) is 11.6 Å². The van der Waals surface area contributed by atoms with Crippen LogP contribution in [0.1, 0.15) is 30.9 Å². The molecule has 0 saturated heterocycles. The van der Waals surface area contributed by atoms with Crippen LogP contribution in [0.2, 0.25) is 5.02 Å². The summed E-state index contributed by atoms with van der Waals surface area (Å²) in [6.07, 6.45) is -1.51. The second-order valence-corrected chi connectivity index (χ2v) is 11.6. The van der Waals surface area contributed by atoms with Crippen molar-refractivity contribution in [3.8, 4) is 11.6 Å². The Balaban J connectivity index is 1.81. The van der Waals surface area contributed by atoms with E-state index in [0.29, 0.717) is 11.1 Å². The summed E-state index contributed by atoms with van der Waals surface area (Å²) in [6, 6.07) is 8.85. The van der Waals surface area contributed by atoms with Crippen LogP contribution in [-0.4, -0.2) is 66.7 Å².